The number of rotatable bonds is 2. The minimum absolute atomic E-state index is 0.199. The molecule has 0 bridgehead atoms. The molecular formula is C14H15F6N. The predicted octanol–water partition coefficient (Wildman–Crippen LogP) is 4.91. The van der Waals surface area contributed by atoms with Crippen LogP contribution in [0.3, 0.4) is 0 Å². The molecule has 0 radical (unpaired) electrons. The monoisotopic (exact) mass is 311 g/mol. The third kappa shape index (κ3) is 3.51. The number of alkyl halides is 6. The van der Waals surface area contributed by atoms with E-state index in [9.17, 15) is 26.3 Å². The van der Waals surface area contributed by atoms with Crippen LogP contribution in [0, 0.1) is 5.92 Å². The summed E-state index contributed by atoms with van der Waals surface area (Å²) in [4.78, 5) is 0. The highest BCUT2D eigenvalue weighted by molar-refractivity contribution is 5.37. The molecular weight excluding hydrogens is 296 g/mol. The van der Waals surface area contributed by atoms with E-state index in [1.807, 2.05) is 0 Å². The summed E-state index contributed by atoms with van der Waals surface area (Å²) >= 11 is 0. The van der Waals surface area contributed by atoms with Gasteiger partial charge in [0.1, 0.15) is 0 Å². The van der Waals surface area contributed by atoms with Gasteiger partial charge in [-0.1, -0.05) is 12.8 Å². The fourth-order valence-corrected chi connectivity index (χ4v) is 2.84. The maximum Gasteiger partial charge on any atom is 0.416 e. The maximum absolute atomic E-state index is 13.0. The Kier molecular flexibility index (Phi) is 4.24. The van der Waals surface area contributed by atoms with E-state index in [4.69, 9.17) is 5.73 Å². The Morgan fingerprint density at radius 2 is 1.52 bits per heavy atom. The van der Waals surface area contributed by atoms with Crippen LogP contribution in [0.5, 0.6) is 0 Å². The molecule has 118 valence electrons. The van der Waals surface area contributed by atoms with E-state index in [1.54, 1.807) is 0 Å². The Morgan fingerprint density at radius 1 is 0.952 bits per heavy atom. The van der Waals surface area contributed by atoms with Crippen molar-refractivity contribution < 1.29 is 26.3 Å². The summed E-state index contributed by atoms with van der Waals surface area (Å²) in [6.07, 6.45) is -6.41. The smallest absolute Gasteiger partial charge is 0.324 e. The van der Waals surface area contributed by atoms with Gasteiger partial charge in [-0.3, -0.25) is 0 Å². The van der Waals surface area contributed by atoms with Gasteiger partial charge in [0.2, 0.25) is 0 Å². The van der Waals surface area contributed by atoms with Crippen LogP contribution >= 0.6 is 0 Å². The lowest BCUT2D eigenvalue weighted by Gasteiger charge is -2.24. The number of nitrogens with two attached hydrogens (primary N) is 1. The van der Waals surface area contributed by atoms with E-state index in [2.05, 4.69) is 0 Å². The fraction of sp³-hybridized carbons (Fsp3) is 0.571. The van der Waals surface area contributed by atoms with Crippen LogP contribution < -0.4 is 5.73 Å². The molecule has 1 nitrogen and oxygen atoms in total. The van der Waals surface area contributed by atoms with E-state index in [0.717, 1.165) is 12.8 Å². The van der Waals surface area contributed by atoms with E-state index in [-0.39, 0.29) is 5.92 Å². The summed E-state index contributed by atoms with van der Waals surface area (Å²) in [6.45, 7) is 0. The van der Waals surface area contributed by atoms with E-state index < -0.39 is 35.1 Å². The first kappa shape index (κ1) is 16.1. The number of hydrogen-bond donors (Lipinski definition) is 1. The summed E-state index contributed by atoms with van der Waals surface area (Å²) in [7, 11) is 0. The van der Waals surface area contributed by atoms with Gasteiger partial charge in [0.25, 0.3) is 0 Å². The Hall–Kier alpha value is -1.24. The first-order chi connectivity index (χ1) is 9.60. The molecule has 2 rings (SSSR count). The topological polar surface area (TPSA) is 26.0 Å². The van der Waals surface area contributed by atoms with Gasteiger partial charge < -0.3 is 5.73 Å². The molecule has 0 spiro atoms. The second-order valence-electron chi connectivity index (χ2n) is 5.37. The molecule has 2 N–H and O–H groups in total. The molecule has 0 saturated heterocycles. The van der Waals surface area contributed by atoms with Gasteiger partial charge in [-0.25, -0.2) is 0 Å². The quantitative estimate of drug-likeness (QED) is 0.771. The van der Waals surface area contributed by atoms with Crippen LogP contribution in [0.15, 0.2) is 18.2 Å². The third-order valence-corrected chi connectivity index (χ3v) is 3.95. The van der Waals surface area contributed by atoms with Crippen LogP contribution in [0.25, 0.3) is 0 Å². The lowest BCUT2D eigenvalue weighted by molar-refractivity contribution is -0.142. The zero-order chi connectivity index (χ0) is 15.8. The van der Waals surface area contributed by atoms with E-state index >= 15 is 0 Å². The van der Waals surface area contributed by atoms with Gasteiger partial charge in [-0.05, 0) is 42.5 Å². The first-order valence-electron chi connectivity index (χ1n) is 6.64. The SMILES string of the molecule is N[C@@H](c1cc(C(F)(F)F)ccc1C(F)(F)F)C1CCCC1. The summed E-state index contributed by atoms with van der Waals surface area (Å²) in [5.74, 6) is -0.199. The Bertz CT molecular complexity index is 499. The predicted molar refractivity (Wildman–Crippen MR) is 65.3 cm³/mol. The standard InChI is InChI=1S/C14H15F6N/c15-13(16,17)9-5-6-11(14(18,19)20)10(7-9)12(21)8-3-1-2-4-8/h5-8,12H,1-4,21H2/t12-/m1/s1. The molecule has 1 atom stereocenters. The van der Waals surface area contributed by atoms with Crippen LogP contribution in [0.4, 0.5) is 26.3 Å². The van der Waals surface area contributed by atoms with Crippen LogP contribution in [-0.4, -0.2) is 0 Å². The van der Waals surface area contributed by atoms with Crippen molar-refractivity contribution in [3.05, 3.63) is 34.9 Å². The van der Waals surface area contributed by atoms with Gasteiger partial charge in [-0.15, -0.1) is 0 Å². The number of halogens is 6. The molecule has 0 aromatic heterocycles. The normalized spacial score (nSPS) is 19.0. The second kappa shape index (κ2) is 5.51. The molecule has 0 amide bonds. The molecule has 1 aliphatic rings. The van der Waals surface area contributed by atoms with E-state index in [1.165, 1.54) is 0 Å². The molecule has 7 heteroatoms. The summed E-state index contributed by atoms with van der Waals surface area (Å²) < 4.78 is 77.1. The molecule has 0 heterocycles. The van der Waals surface area contributed by atoms with Crippen molar-refractivity contribution in [2.24, 2.45) is 11.7 Å². The Morgan fingerprint density at radius 3 is 2.00 bits per heavy atom. The Labute approximate surface area is 118 Å². The highest BCUT2D eigenvalue weighted by Crippen LogP contribution is 2.42. The summed E-state index contributed by atoms with van der Waals surface area (Å²) in [5.41, 5.74) is 3.22. The fourth-order valence-electron chi connectivity index (χ4n) is 2.84. The average Bonchev–Trinajstić information content (AvgIpc) is 2.88. The minimum Gasteiger partial charge on any atom is -0.324 e. The third-order valence-electron chi connectivity index (χ3n) is 3.95. The van der Waals surface area contributed by atoms with Crippen molar-refractivity contribution in [1.29, 1.82) is 0 Å². The van der Waals surface area contributed by atoms with Gasteiger partial charge in [0.05, 0.1) is 11.1 Å². The molecule has 1 aromatic carbocycles. The number of hydrogen-bond acceptors (Lipinski definition) is 1. The van der Waals surface area contributed by atoms with Crippen molar-refractivity contribution in [2.75, 3.05) is 0 Å². The molecule has 1 saturated carbocycles. The largest absolute Gasteiger partial charge is 0.416 e. The van der Waals surface area contributed by atoms with Gasteiger partial charge >= 0.3 is 12.4 Å². The van der Waals surface area contributed by atoms with Gasteiger partial charge in [0.15, 0.2) is 0 Å². The van der Waals surface area contributed by atoms with Gasteiger partial charge in [0, 0.05) is 6.04 Å². The van der Waals surface area contributed by atoms with Crippen LogP contribution in [0.2, 0.25) is 0 Å². The Balaban J connectivity index is 2.47. The van der Waals surface area contributed by atoms with Crippen molar-refractivity contribution in [1.82, 2.24) is 0 Å². The second-order valence-corrected chi connectivity index (χ2v) is 5.37. The zero-order valence-electron chi connectivity index (χ0n) is 11.1. The number of benzene rings is 1. The molecule has 0 aliphatic heterocycles. The molecule has 21 heavy (non-hydrogen) atoms. The van der Waals surface area contributed by atoms with Crippen LogP contribution in [-0.2, 0) is 12.4 Å². The molecule has 1 aliphatic carbocycles. The average molecular weight is 311 g/mol. The maximum atomic E-state index is 13.0. The molecule has 0 unspecified atom stereocenters. The minimum atomic E-state index is -4.71. The van der Waals surface area contributed by atoms with Crippen molar-refractivity contribution in [3.63, 3.8) is 0 Å². The van der Waals surface area contributed by atoms with Gasteiger partial charge in [-0.2, -0.15) is 26.3 Å². The van der Waals surface area contributed by atoms with Crippen molar-refractivity contribution in [2.45, 2.75) is 44.1 Å². The van der Waals surface area contributed by atoms with E-state index in [0.29, 0.717) is 31.0 Å². The van der Waals surface area contributed by atoms with Crippen LogP contribution in [0.1, 0.15) is 48.4 Å². The first-order valence-corrected chi connectivity index (χ1v) is 6.64. The highest BCUT2D eigenvalue weighted by atomic mass is 19.4. The lowest BCUT2D eigenvalue weighted by atomic mass is 9.88. The highest BCUT2D eigenvalue weighted by Gasteiger charge is 2.39. The molecule has 1 fully saturated rings. The summed E-state index contributed by atoms with van der Waals surface area (Å²) in [6, 6.07) is 0.457. The molecule has 1 aromatic rings. The van der Waals surface area contributed by atoms with Crippen molar-refractivity contribution >= 4 is 0 Å². The summed E-state index contributed by atoms with van der Waals surface area (Å²) in [5, 5.41) is 0. The van der Waals surface area contributed by atoms with Crippen molar-refractivity contribution in [3.8, 4) is 0 Å². The zero-order valence-corrected chi connectivity index (χ0v) is 11.1. The lowest BCUT2D eigenvalue weighted by Crippen LogP contribution is -2.24.